The summed E-state index contributed by atoms with van der Waals surface area (Å²) < 4.78 is 38.7. The van der Waals surface area contributed by atoms with Crippen LogP contribution in [0.25, 0.3) is 0 Å². The highest BCUT2D eigenvalue weighted by molar-refractivity contribution is 6.00. The van der Waals surface area contributed by atoms with Crippen LogP contribution in [0.5, 0.6) is 0 Å². The van der Waals surface area contributed by atoms with Crippen LogP contribution in [0.4, 0.5) is 18.9 Å². The second-order valence-corrected chi connectivity index (χ2v) is 6.96. The van der Waals surface area contributed by atoms with Crippen molar-refractivity contribution in [1.82, 2.24) is 4.90 Å². The van der Waals surface area contributed by atoms with E-state index in [-0.39, 0.29) is 42.3 Å². The molecule has 2 aliphatic rings. The maximum atomic E-state index is 12.9. The Hall–Kier alpha value is -2.58. The van der Waals surface area contributed by atoms with Gasteiger partial charge in [-0.05, 0) is 31.0 Å². The molecule has 0 unspecified atom stereocenters. The monoisotopic (exact) mass is 383 g/mol. The van der Waals surface area contributed by atoms with E-state index in [1.54, 1.807) is 4.90 Å². The van der Waals surface area contributed by atoms with Gasteiger partial charge in [-0.25, -0.2) is 0 Å². The third kappa shape index (κ3) is 4.06. The van der Waals surface area contributed by atoms with Crippen LogP contribution in [0.15, 0.2) is 24.3 Å². The number of likely N-dealkylation sites (tertiary alicyclic amines) is 1. The van der Waals surface area contributed by atoms with Crippen LogP contribution in [0.3, 0.4) is 0 Å². The number of benzene rings is 1. The lowest BCUT2D eigenvalue weighted by Gasteiger charge is -2.32. The quantitative estimate of drug-likeness (QED) is 0.864. The lowest BCUT2D eigenvalue weighted by atomic mass is 9.95. The molecule has 2 saturated heterocycles. The number of rotatable bonds is 3. The van der Waals surface area contributed by atoms with Gasteiger partial charge in [0.1, 0.15) is 0 Å². The molecular formula is C18H20F3N3O3. The fourth-order valence-corrected chi connectivity index (χ4v) is 3.62. The number of nitrogens with two attached hydrogens (primary N) is 1. The van der Waals surface area contributed by atoms with Crippen LogP contribution in [-0.4, -0.2) is 42.3 Å². The van der Waals surface area contributed by atoms with E-state index in [4.69, 9.17) is 5.73 Å². The second-order valence-electron chi connectivity index (χ2n) is 6.96. The lowest BCUT2D eigenvalue weighted by molar-refractivity contribution is -0.138. The van der Waals surface area contributed by atoms with E-state index in [1.807, 2.05) is 0 Å². The Kier molecular flexibility index (Phi) is 5.12. The third-order valence-corrected chi connectivity index (χ3v) is 5.17. The fraction of sp³-hybridized carbons (Fsp3) is 0.500. The van der Waals surface area contributed by atoms with Gasteiger partial charge in [0, 0.05) is 37.7 Å². The van der Waals surface area contributed by atoms with Gasteiger partial charge in [-0.3, -0.25) is 14.4 Å². The van der Waals surface area contributed by atoms with Crippen molar-refractivity contribution in [1.29, 1.82) is 0 Å². The van der Waals surface area contributed by atoms with E-state index in [1.165, 1.54) is 17.0 Å². The molecule has 0 spiro atoms. The highest BCUT2D eigenvalue weighted by Gasteiger charge is 2.39. The summed E-state index contributed by atoms with van der Waals surface area (Å²) in [6.07, 6.45) is -3.57. The van der Waals surface area contributed by atoms with Gasteiger partial charge in [-0.1, -0.05) is 6.07 Å². The van der Waals surface area contributed by atoms with Gasteiger partial charge >= 0.3 is 6.18 Å². The van der Waals surface area contributed by atoms with E-state index in [2.05, 4.69) is 0 Å². The van der Waals surface area contributed by atoms with E-state index in [0.29, 0.717) is 25.9 Å². The maximum absolute atomic E-state index is 12.9. The maximum Gasteiger partial charge on any atom is 0.416 e. The molecule has 0 bridgehead atoms. The first kappa shape index (κ1) is 19.2. The number of carbonyl (C=O) groups excluding carboxylic acids is 3. The molecule has 27 heavy (non-hydrogen) atoms. The lowest BCUT2D eigenvalue weighted by Crippen LogP contribution is -2.44. The molecule has 2 aliphatic heterocycles. The number of piperidine rings is 1. The molecule has 3 rings (SSSR count). The van der Waals surface area contributed by atoms with Gasteiger partial charge in [0.2, 0.25) is 17.7 Å². The molecule has 0 aromatic heterocycles. The zero-order valence-electron chi connectivity index (χ0n) is 14.5. The Morgan fingerprint density at radius 2 is 1.78 bits per heavy atom. The molecule has 2 heterocycles. The minimum absolute atomic E-state index is 0.0369. The topological polar surface area (TPSA) is 83.7 Å². The van der Waals surface area contributed by atoms with Crippen LogP contribution >= 0.6 is 0 Å². The number of nitrogens with zero attached hydrogens (tertiary/aromatic N) is 2. The molecule has 0 aliphatic carbocycles. The average Bonchev–Trinajstić information content (AvgIpc) is 3.02. The summed E-state index contributed by atoms with van der Waals surface area (Å²) in [7, 11) is 0. The van der Waals surface area contributed by atoms with E-state index in [0.717, 1.165) is 12.1 Å². The van der Waals surface area contributed by atoms with Crippen molar-refractivity contribution >= 4 is 23.4 Å². The summed E-state index contributed by atoms with van der Waals surface area (Å²) in [5.74, 6) is -1.81. The molecule has 2 fully saturated rings. The molecular weight excluding hydrogens is 363 g/mol. The Morgan fingerprint density at radius 3 is 2.37 bits per heavy atom. The fourth-order valence-electron chi connectivity index (χ4n) is 3.62. The van der Waals surface area contributed by atoms with Gasteiger partial charge in [-0.15, -0.1) is 0 Å². The van der Waals surface area contributed by atoms with Crippen LogP contribution in [-0.2, 0) is 20.6 Å². The van der Waals surface area contributed by atoms with Gasteiger partial charge in [-0.2, -0.15) is 13.2 Å². The van der Waals surface area contributed by atoms with Crippen molar-refractivity contribution in [3.8, 4) is 0 Å². The van der Waals surface area contributed by atoms with Gasteiger partial charge in [0.15, 0.2) is 0 Å². The van der Waals surface area contributed by atoms with E-state index < -0.39 is 17.7 Å². The molecule has 0 saturated carbocycles. The van der Waals surface area contributed by atoms with Crippen LogP contribution < -0.4 is 10.6 Å². The van der Waals surface area contributed by atoms with Gasteiger partial charge < -0.3 is 15.5 Å². The van der Waals surface area contributed by atoms with Crippen molar-refractivity contribution in [2.24, 2.45) is 17.6 Å². The van der Waals surface area contributed by atoms with Gasteiger partial charge in [0.25, 0.3) is 0 Å². The van der Waals surface area contributed by atoms with Crippen molar-refractivity contribution in [2.75, 3.05) is 24.5 Å². The summed E-state index contributed by atoms with van der Waals surface area (Å²) in [5.41, 5.74) is 4.58. The number of carbonyl (C=O) groups is 3. The first-order chi connectivity index (χ1) is 12.7. The van der Waals surface area contributed by atoms with E-state index >= 15 is 0 Å². The van der Waals surface area contributed by atoms with Crippen LogP contribution in [0.2, 0.25) is 0 Å². The number of amides is 3. The van der Waals surface area contributed by atoms with Crippen molar-refractivity contribution in [2.45, 2.75) is 25.4 Å². The smallest absolute Gasteiger partial charge is 0.369 e. The molecule has 6 nitrogen and oxygen atoms in total. The molecule has 3 amide bonds. The summed E-state index contributed by atoms with van der Waals surface area (Å²) in [6, 6.07) is 4.53. The zero-order chi connectivity index (χ0) is 19.8. The van der Waals surface area contributed by atoms with E-state index in [9.17, 15) is 27.6 Å². The summed E-state index contributed by atoms with van der Waals surface area (Å²) in [4.78, 5) is 39.0. The van der Waals surface area contributed by atoms with Gasteiger partial charge in [0.05, 0.1) is 11.5 Å². The molecule has 2 N–H and O–H groups in total. The Labute approximate surface area is 154 Å². The highest BCUT2D eigenvalue weighted by atomic mass is 19.4. The van der Waals surface area contributed by atoms with Crippen LogP contribution in [0, 0.1) is 11.8 Å². The average molecular weight is 383 g/mol. The first-order valence-electron chi connectivity index (χ1n) is 8.72. The molecule has 1 aromatic carbocycles. The molecule has 146 valence electrons. The largest absolute Gasteiger partial charge is 0.416 e. The number of hydrogen-bond donors (Lipinski definition) is 1. The SMILES string of the molecule is NC(=O)C1CCN(C(=O)[C@H]2CC(=O)N(c3cccc(C(F)(F)F)c3)C2)CC1. The Bertz CT molecular complexity index is 758. The van der Waals surface area contributed by atoms with Crippen molar-refractivity contribution in [3.63, 3.8) is 0 Å². The first-order valence-corrected chi connectivity index (χ1v) is 8.72. The molecule has 9 heteroatoms. The number of primary amides is 1. The number of alkyl halides is 3. The van der Waals surface area contributed by atoms with Crippen molar-refractivity contribution < 1.29 is 27.6 Å². The second kappa shape index (κ2) is 7.21. The zero-order valence-corrected chi connectivity index (χ0v) is 14.5. The number of anilines is 1. The third-order valence-electron chi connectivity index (χ3n) is 5.17. The summed E-state index contributed by atoms with van der Waals surface area (Å²) >= 11 is 0. The summed E-state index contributed by atoms with van der Waals surface area (Å²) in [5, 5.41) is 0. The Balaban J connectivity index is 1.67. The Morgan fingerprint density at radius 1 is 1.11 bits per heavy atom. The summed E-state index contributed by atoms with van der Waals surface area (Å²) in [6.45, 7) is 0.829. The van der Waals surface area contributed by atoms with Crippen LogP contribution in [0.1, 0.15) is 24.8 Å². The minimum atomic E-state index is -4.50. The highest BCUT2D eigenvalue weighted by Crippen LogP contribution is 2.34. The molecule has 0 radical (unpaired) electrons. The predicted octanol–water partition coefficient (Wildman–Crippen LogP) is 1.78. The number of hydrogen-bond acceptors (Lipinski definition) is 3. The normalized spacial score (nSPS) is 21.6. The number of halogens is 3. The molecule has 1 atom stereocenters. The standard InChI is InChI=1S/C18H20F3N3O3/c19-18(20,21)13-2-1-3-14(9-13)24-10-12(8-15(24)25)17(27)23-6-4-11(5-7-23)16(22)26/h1-3,9,11-12H,4-8,10H2,(H2,22,26)/t12-/m0/s1. The minimum Gasteiger partial charge on any atom is -0.369 e. The molecule has 1 aromatic rings. The van der Waals surface area contributed by atoms with Crippen molar-refractivity contribution in [3.05, 3.63) is 29.8 Å². The predicted molar refractivity (Wildman–Crippen MR) is 90.4 cm³/mol.